The van der Waals surface area contributed by atoms with Gasteiger partial charge in [-0.15, -0.1) is 0 Å². The van der Waals surface area contributed by atoms with Crippen LogP contribution in [0.15, 0.2) is 54.2 Å². The van der Waals surface area contributed by atoms with Crippen LogP contribution in [0.25, 0.3) is 6.08 Å². The molecule has 2 aromatic rings. The molecule has 1 aliphatic rings. The second-order valence-electron chi connectivity index (χ2n) is 6.07. The number of nitrogens with one attached hydrogen (secondary N) is 2. The van der Waals surface area contributed by atoms with Gasteiger partial charge in [0.1, 0.15) is 18.0 Å². The summed E-state index contributed by atoms with van der Waals surface area (Å²) in [4.78, 5) is 37.6. The van der Waals surface area contributed by atoms with Crippen molar-refractivity contribution < 1.29 is 19.1 Å². The van der Waals surface area contributed by atoms with Gasteiger partial charge in [0.05, 0.1) is 7.11 Å². The Hall–Kier alpha value is -3.61. The maximum atomic E-state index is 12.5. The van der Waals surface area contributed by atoms with Crippen molar-refractivity contribution in [1.82, 2.24) is 10.2 Å². The predicted octanol–water partition coefficient (Wildman–Crippen LogP) is 2.54. The molecule has 1 aliphatic heterocycles. The standard InChI is InChI=1S/C20H19N3O4/c1-13-4-3-5-15(10-13)21-18(24)12-23-19(25)17(22-20(23)26)11-14-6-8-16(27-2)9-7-14/h3-11H,12H2,1-2H3,(H,21,24)(H,22,26)/b17-11-. The number of ether oxygens (including phenoxy) is 1. The van der Waals surface area contributed by atoms with Crippen LogP contribution in [0.4, 0.5) is 10.5 Å². The number of aryl methyl sites for hydroxylation is 1. The van der Waals surface area contributed by atoms with Crippen LogP contribution in [-0.2, 0) is 9.59 Å². The third kappa shape index (κ3) is 4.33. The Morgan fingerprint density at radius 1 is 1.19 bits per heavy atom. The van der Waals surface area contributed by atoms with Crippen molar-refractivity contribution in [2.75, 3.05) is 19.0 Å². The first-order chi connectivity index (χ1) is 13.0. The zero-order chi connectivity index (χ0) is 19.4. The molecule has 1 fully saturated rings. The minimum atomic E-state index is -0.626. The summed E-state index contributed by atoms with van der Waals surface area (Å²) in [6, 6.07) is 13.7. The van der Waals surface area contributed by atoms with Gasteiger partial charge < -0.3 is 15.4 Å². The fraction of sp³-hybridized carbons (Fsp3) is 0.150. The van der Waals surface area contributed by atoms with Crippen molar-refractivity contribution in [3.63, 3.8) is 0 Å². The van der Waals surface area contributed by atoms with Crippen LogP contribution in [-0.4, -0.2) is 36.4 Å². The van der Waals surface area contributed by atoms with Gasteiger partial charge in [0.2, 0.25) is 5.91 Å². The number of rotatable bonds is 5. The highest BCUT2D eigenvalue weighted by Crippen LogP contribution is 2.17. The predicted molar refractivity (Wildman–Crippen MR) is 101 cm³/mol. The molecule has 0 bridgehead atoms. The number of methoxy groups -OCH3 is 1. The third-order valence-electron chi connectivity index (χ3n) is 3.99. The highest BCUT2D eigenvalue weighted by Gasteiger charge is 2.34. The van der Waals surface area contributed by atoms with Crippen LogP contribution < -0.4 is 15.4 Å². The molecule has 2 N–H and O–H groups in total. The fourth-order valence-electron chi connectivity index (χ4n) is 2.65. The molecular formula is C20H19N3O4. The highest BCUT2D eigenvalue weighted by atomic mass is 16.5. The van der Waals surface area contributed by atoms with E-state index in [0.717, 1.165) is 16.0 Å². The first-order valence-corrected chi connectivity index (χ1v) is 8.31. The largest absolute Gasteiger partial charge is 0.497 e. The monoisotopic (exact) mass is 365 g/mol. The molecule has 7 heteroatoms. The van der Waals surface area contributed by atoms with Crippen LogP contribution in [0.1, 0.15) is 11.1 Å². The number of urea groups is 1. The van der Waals surface area contributed by atoms with Gasteiger partial charge in [-0.3, -0.25) is 9.59 Å². The Bertz CT molecular complexity index is 919. The van der Waals surface area contributed by atoms with E-state index in [1.807, 2.05) is 19.1 Å². The van der Waals surface area contributed by atoms with E-state index in [-0.39, 0.29) is 12.2 Å². The smallest absolute Gasteiger partial charge is 0.329 e. The zero-order valence-electron chi connectivity index (χ0n) is 15.0. The molecule has 3 rings (SSSR count). The number of amides is 4. The van der Waals surface area contributed by atoms with Gasteiger partial charge in [-0.1, -0.05) is 24.3 Å². The van der Waals surface area contributed by atoms with Gasteiger partial charge >= 0.3 is 6.03 Å². The van der Waals surface area contributed by atoms with E-state index in [1.165, 1.54) is 0 Å². The molecule has 4 amide bonds. The van der Waals surface area contributed by atoms with E-state index in [9.17, 15) is 14.4 Å². The summed E-state index contributed by atoms with van der Waals surface area (Å²) in [5, 5.41) is 5.18. The molecular weight excluding hydrogens is 346 g/mol. The van der Waals surface area contributed by atoms with E-state index >= 15 is 0 Å². The highest BCUT2D eigenvalue weighted by molar-refractivity contribution is 6.15. The van der Waals surface area contributed by atoms with Crippen LogP contribution in [0.2, 0.25) is 0 Å². The van der Waals surface area contributed by atoms with Gasteiger partial charge in [0, 0.05) is 5.69 Å². The number of carbonyl (C=O) groups is 3. The zero-order valence-corrected chi connectivity index (χ0v) is 15.0. The molecule has 2 aromatic carbocycles. The lowest BCUT2D eigenvalue weighted by molar-refractivity contribution is -0.127. The van der Waals surface area contributed by atoms with Crippen molar-refractivity contribution in [3.05, 3.63) is 65.4 Å². The fourth-order valence-corrected chi connectivity index (χ4v) is 2.65. The summed E-state index contributed by atoms with van der Waals surface area (Å²) in [7, 11) is 1.56. The summed E-state index contributed by atoms with van der Waals surface area (Å²) in [6.45, 7) is 1.54. The number of hydrogen-bond acceptors (Lipinski definition) is 4. The maximum absolute atomic E-state index is 12.5. The van der Waals surface area contributed by atoms with E-state index in [1.54, 1.807) is 49.6 Å². The number of carbonyl (C=O) groups excluding carboxylic acids is 3. The topological polar surface area (TPSA) is 87.7 Å². The average molecular weight is 365 g/mol. The summed E-state index contributed by atoms with van der Waals surface area (Å²) in [6.07, 6.45) is 1.55. The van der Waals surface area contributed by atoms with Gasteiger partial charge in [0.25, 0.3) is 5.91 Å². The van der Waals surface area contributed by atoms with Crippen molar-refractivity contribution in [2.24, 2.45) is 0 Å². The molecule has 7 nitrogen and oxygen atoms in total. The summed E-state index contributed by atoms with van der Waals surface area (Å²) in [5.41, 5.74) is 2.45. The van der Waals surface area contributed by atoms with Gasteiger partial charge in [0.15, 0.2) is 0 Å². The number of imide groups is 1. The van der Waals surface area contributed by atoms with Crippen LogP contribution in [0, 0.1) is 6.92 Å². The number of anilines is 1. The number of nitrogens with zero attached hydrogens (tertiary/aromatic N) is 1. The quantitative estimate of drug-likeness (QED) is 0.630. The lowest BCUT2D eigenvalue weighted by Crippen LogP contribution is -2.38. The molecule has 0 aliphatic carbocycles. The second kappa shape index (κ2) is 7.74. The number of hydrogen-bond donors (Lipinski definition) is 2. The first-order valence-electron chi connectivity index (χ1n) is 8.31. The van der Waals surface area contributed by atoms with Crippen LogP contribution in [0.5, 0.6) is 5.75 Å². The molecule has 0 atom stereocenters. The SMILES string of the molecule is COc1ccc(/C=C2\NC(=O)N(CC(=O)Nc3cccc(C)c3)C2=O)cc1. The number of benzene rings is 2. The Morgan fingerprint density at radius 3 is 2.59 bits per heavy atom. The second-order valence-corrected chi connectivity index (χ2v) is 6.07. The Kier molecular flexibility index (Phi) is 5.21. The minimum absolute atomic E-state index is 0.119. The Balaban J connectivity index is 1.68. The van der Waals surface area contributed by atoms with Gasteiger partial charge in [-0.25, -0.2) is 9.69 Å². The lowest BCUT2D eigenvalue weighted by Gasteiger charge is -2.12. The molecule has 0 unspecified atom stereocenters. The molecule has 0 radical (unpaired) electrons. The van der Waals surface area contributed by atoms with E-state index in [4.69, 9.17) is 4.74 Å². The Labute approximate surface area is 156 Å². The maximum Gasteiger partial charge on any atom is 0.329 e. The molecule has 0 spiro atoms. The first kappa shape index (κ1) is 18.2. The molecule has 1 heterocycles. The van der Waals surface area contributed by atoms with Crippen LogP contribution >= 0.6 is 0 Å². The molecule has 27 heavy (non-hydrogen) atoms. The van der Waals surface area contributed by atoms with Crippen molar-refractivity contribution >= 4 is 29.6 Å². The summed E-state index contributed by atoms with van der Waals surface area (Å²) >= 11 is 0. The van der Waals surface area contributed by atoms with Crippen molar-refractivity contribution in [1.29, 1.82) is 0 Å². The Morgan fingerprint density at radius 2 is 1.93 bits per heavy atom. The summed E-state index contributed by atoms with van der Waals surface area (Å²) < 4.78 is 5.08. The molecule has 0 saturated carbocycles. The third-order valence-corrected chi connectivity index (χ3v) is 3.99. The van der Waals surface area contributed by atoms with Gasteiger partial charge in [-0.2, -0.15) is 0 Å². The molecule has 138 valence electrons. The minimum Gasteiger partial charge on any atom is -0.497 e. The van der Waals surface area contributed by atoms with Crippen LogP contribution in [0.3, 0.4) is 0 Å². The molecule has 1 saturated heterocycles. The normalized spacial score (nSPS) is 15.0. The molecule has 0 aromatic heterocycles. The summed E-state index contributed by atoms with van der Waals surface area (Å²) in [5.74, 6) is -0.307. The van der Waals surface area contributed by atoms with Crippen molar-refractivity contribution in [3.8, 4) is 5.75 Å². The van der Waals surface area contributed by atoms with E-state index in [2.05, 4.69) is 10.6 Å². The van der Waals surface area contributed by atoms with Crippen molar-refractivity contribution in [2.45, 2.75) is 6.92 Å². The average Bonchev–Trinajstić information content (AvgIpc) is 2.90. The van der Waals surface area contributed by atoms with E-state index in [0.29, 0.717) is 11.4 Å². The van der Waals surface area contributed by atoms with Gasteiger partial charge in [-0.05, 0) is 48.4 Å². The lowest BCUT2D eigenvalue weighted by atomic mass is 10.2. The van der Waals surface area contributed by atoms with E-state index < -0.39 is 17.8 Å².